The van der Waals surface area contributed by atoms with Gasteiger partial charge in [-0.15, -0.1) is 0 Å². The number of thioether (sulfide) groups is 1. The molecule has 1 saturated heterocycles. The van der Waals surface area contributed by atoms with Crippen molar-refractivity contribution in [2.24, 2.45) is 5.92 Å². The normalized spacial score (nSPS) is 25.8. The van der Waals surface area contributed by atoms with Crippen LogP contribution in [0.4, 0.5) is 0 Å². The van der Waals surface area contributed by atoms with Crippen molar-refractivity contribution in [3.05, 3.63) is 0 Å². The predicted molar refractivity (Wildman–Crippen MR) is 57.8 cm³/mol. The Balaban J connectivity index is 2.13. The zero-order chi connectivity index (χ0) is 9.03. The molecule has 0 spiro atoms. The van der Waals surface area contributed by atoms with Crippen LogP contribution >= 0.6 is 11.8 Å². The van der Waals surface area contributed by atoms with Crippen LogP contribution in [0.25, 0.3) is 0 Å². The predicted octanol–water partition coefficient (Wildman–Crippen LogP) is 2.52. The maximum Gasteiger partial charge on any atom is 0.00752 e. The van der Waals surface area contributed by atoms with Gasteiger partial charge >= 0.3 is 0 Å². The lowest BCUT2D eigenvalue weighted by Gasteiger charge is -2.26. The summed E-state index contributed by atoms with van der Waals surface area (Å²) in [5.41, 5.74) is 0. The third-order valence-corrected chi connectivity index (χ3v) is 3.66. The van der Waals surface area contributed by atoms with Crippen LogP contribution in [0.15, 0.2) is 0 Å². The highest BCUT2D eigenvalue weighted by molar-refractivity contribution is 8.00. The summed E-state index contributed by atoms with van der Waals surface area (Å²) in [7, 11) is 0. The lowest BCUT2D eigenvalue weighted by Crippen LogP contribution is -2.31. The molecular weight excluding hydrogens is 166 g/mol. The molecule has 1 fully saturated rings. The highest BCUT2D eigenvalue weighted by Gasteiger charge is 2.17. The molecule has 0 aliphatic carbocycles. The van der Waals surface area contributed by atoms with E-state index in [0.717, 1.165) is 5.92 Å². The van der Waals surface area contributed by atoms with Gasteiger partial charge in [-0.05, 0) is 37.6 Å². The second-order valence-electron chi connectivity index (χ2n) is 4.64. The smallest absolute Gasteiger partial charge is 0.00752 e. The lowest BCUT2D eigenvalue weighted by atomic mass is 10.0. The summed E-state index contributed by atoms with van der Waals surface area (Å²) >= 11 is 2.10. The first kappa shape index (κ1) is 10.4. The van der Waals surface area contributed by atoms with Gasteiger partial charge in [0.05, 0.1) is 0 Å². The van der Waals surface area contributed by atoms with Gasteiger partial charge in [0.25, 0.3) is 0 Å². The minimum absolute atomic E-state index is 0.442. The summed E-state index contributed by atoms with van der Waals surface area (Å²) in [4.78, 5) is 0. The monoisotopic (exact) mass is 187 g/mol. The molecule has 1 atom stereocenters. The van der Waals surface area contributed by atoms with E-state index in [4.69, 9.17) is 0 Å². The number of hydrogen-bond acceptors (Lipinski definition) is 2. The lowest BCUT2D eigenvalue weighted by molar-refractivity contribution is 0.409. The fourth-order valence-electron chi connectivity index (χ4n) is 1.43. The Labute approximate surface area is 80.7 Å². The van der Waals surface area contributed by atoms with E-state index in [-0.39, 0.29) is 0 Å². The zero-order valence-corrected chi connectivity index (χ0v) is 9.34. The Kier molecular flexibility index (Phi) is 3.91. The van der Waals surface area contributed by atoms with Gasteiger partial charge in [-0.1, -0.05) is 20.8 Å². The average Bonchev–Trinajstić information content (AvgIpc) is 2.02. The summed E-state index contributed by atoms with van der Waals surface area (Å²) in [5, 5.41) is 3.46. The fourth-order valence-corrected chi connectivity index (χ4v) is 2.45. The molecule has 72 valence electrons. The maximum absolute atomic E-state index is 3.46. The molecule has 0 saturated carbocycles. The number of piperidine rings is 1. The van der Waals surface area contributed by atoms with Crippen LogP contribution < -0.4 is 5.32 Å². The third-order valence-electron chi connectivity index (χ3n) is 2.15. The molecule has 0 unspecified atom stereocenters. The third kappa shape index (κ3) is 4.36. The minimum atomic E-state index is 0.442. The van der Waals surface area contributed by atoms with Crippen LogP contribution in [-0.4, -0.2) is 23.6 Å². The first-order valence-corrected chi connectivity index (χ1v) is 5.91. The second-order valence-corrected chi connectivity index (χ2v) is 6.48. The van der Waals surface area contributed by atoms with Gasteiger partial charge in [0.15, 0.2) is 0 Å². The van der Waals surface area contributed by atoms with E-state index in [2.05, 4.69) is 37.8 Å². The molecule has 0 aromatic heterocycles. The Hall–Kier alpha value is 0.310. The van der Waals surface area contributed by atoms with Crippen molar-refractivity contribution in [1.82, 2.24) is 5.32 Å². The molecule has 0 bridgehead atoms. The second kappa shape index (κ2) is 4.52. The minimum Gasteiger partial charge on any atom is -0.316 e. The topological polar surface area (TPSA) is 12.0 Å². The van der Waals surface area contributed by atoms with E-state index in [1.54, 1.807) is 0 Å². The van der Waals surface area contributed by atoms with Crippen molar-refractivity contribution >= 4 is 11.8 Å². The highest BCUT2D eigenvalue weighted by atomic mass is 32.2. The van der Waals surface area contributed by atoms with E-state index < -0.39 is 0 Å². The molecule has 0 radical (unpaired) electrons. The Morgan fingerprint density at radius 2 is 2.17 bits per heavy atom. The molecule has 1 aliphatic heterocycles. The molecule has 1 heterocycles. The Morgan fingerprint density at radius 3 is 2.67 bits per heavy atom. The molecule has 1 nitrogen and oxygen atoms in total. The molecule has 1 N–H and O–H groups in total. The first-order valence-electron chi connectivity index (χ1n) is 4.92. The molecule has 0 aromatic rings. The molecule has 1 aliphatic rings. The number of hydrogen-bond donors (Lipinski definition) is 1. The summed E-state index contributed by atoms with van der Waals surface area (Å²) in [6.45, 7) is 9.37. The molecule has 1 rings (SSSR count). The van der Waals surface area contributed by atoms with Gasteiger partial charge in [-0.25, -0.2) is 0 Å². The van der Waals surface area contributed by atoms with Gasteiger partial charge in [-0.2, -0.15) is 11.8 Å². The van der Waals surface area contributed by atoms with Gasteiger partial charge < -0.3 is 5.32 Å². The first-order chi connectivity index (χ1) is 5.58. The van der Waals surface area contributed by atoms with Gasteiger partial charge in [0, 0.05) is 4.75 Å². The summed E-state index contributed by atoms with van der Waals surface area (Å²) in [5.74, 6) is 2.25. The van der Waals surface area contributed by atoms with E-state index in [9.17, 15) is 0 Å². The summed E-state index contributed by atoms with van der Waals surface area (Å²) in [6, 6.07) is 0. The SMILES string of the molecule is CC(C)(C)SC[C@H]1CCCNC1. The largest absolute Gasteiger partial charge is 0.316 e. The molecule has 0 aromatic carbocycles. The van der Waals surface area contributed by atoms with Crippen LogP contribution in [0.2, 0.25) is 0 Å². The van der Waals surface area contributed by atoms with Crippen molar-refractivity contribution in [2.75, 3.05) is 18.8 Å². The van der Waals surface area contributed by atoms with E-state index in [1.165, 1.54) is 31.7 Å². The summed E-state index contributed by atoms with van der Waals surface area (Å²) in [6.07, 6.45) is 2.80. The molecule has 2 heteroatoms. The summed E-state index contributed by atoms with van der Waals surface area (Å²) < 4.78 is 0.442. The highest BCUT2D eigenvalue weighted by Crippen LogP contribution is 2.27. The van der Waals surface area contributed by atoms with Crippen molar-refractivity contribution in [3.8, 4) is 0 Å². The van der Waals surface area contributed by atoms with Crippen molar-refractivity contribution in [3.63, 3.8) is 0 Å². The molecule has 12 heavy (non-hydrogen) atoms. The quantitative estimate of drug-likeness (QED) is 0.713. The van der Waals surface area contributed by atoms with Crippen molar-refractivity contribution < 1.29 is 0 Å². The van der Waals surface area contributed by atoms with Gasteiger partial charge in [-0.3, -0.25) is 0 Å². The standard InChI is InChI=1S/C10H21NS/c1-10(2,3)12-8-9-5-4-6-11-7-9/h9,11H,4-8H2,1-3H3/t9-/m0/s1. The number of nitrogens with one attached hydrogen (secondary N) is 1. The maximum atomic E-state index is 3.46. The fraction of sp³-hybridized carbons (Fsp3) is 1.00. The van der Waals surface area contributed by atoms with E-state index in [1.807, 2.05) is 0 Å². The molecular formula is C10H21NS. The van der Waals surface area contributed by atoms with Crippen molar-refractivity contribution in [2.45, 2.75) is 38.4 Å². The Morgan fingerprint density at radius 1 is 1.42 bits per heavy atom. The molecule has 0 amide bonds. The van der Waals surface area contributed by atoms with Gasteiger partial charge in [0.2, 0.25) is 0 Å². The van der Waals surface area contributed by atoms with Crippen LogP contribution in [0, 0.1) is 5.92 Å². The van der Waals surface area contributed by atoms with Crippen LogP contribution in [-0.2, 0) is 0 Å². The zero-order valence-electron chi connectivity index (χ0n) is 8.52. The van der Waals surface area contributed by atoms with E-state index in [0.29, 0.717) is 4.75 Å². The average molecular weight is 187 g/mol. The van der Waals surface area contributed by atoms with Crippen LogP contribution in [0.5, 0.6) is 0 Å². The number of rotatable bonds is 2. The van der Waals surface area contributed by atoms with Crippen molar-refractivity contribution in [1.29, 1.82) is 0 Å². The van der Waals surface area contributed by atoms with Crippen LogP contribution in [0.3, 0.4) is 0 Å². The van der Waals surface area contributed by atoms with E-state index >= 15 is 0 Å². The Bertz CT molecular complexity index is 122. The van der Waals surface area contributed by atoms with Gasteiger partial charge in [0.1, 0.15) is 0 Å². The van der Waals surface area contributed by atoms with Crippen LogP contribution in [0.1, 0.15) is 33.6 Å².